The number of aliphatic hydroxyl groups is 1. The monoisotopic (exact) mass is 728 g/mol. The highest BCUT2D eigenvalue weighted by molar-refractivity contribution is 8.76. The van der Waals surface area contributed by atoms with E-state index in [4.69, 9.17) is 4.74 Å². The molecule has 0 rings (SSSR count). The number of hydrogen-bond acceptors (Lipinski definition) is 5. The molecule has 0 aromatic heterocycles. The minimum Gasteiger partial charge on any atom is -0.495 e. The number of hydrogen-bond donors (Lipinski definition) is 1. The molecule has 0 fully saturated rings. The van der Waals surface area contributed by atoms with Gasteiger partial charge >= 0.3 is 0 Å². The SMILES string of the molecule is C=C(CCCCCCCN(CCO)CCCCCCCSSCCCCCCCCC)OC(CCCCCCCC)CCCCCCCC. The first-order valence-electron chi connectivity index (χ1n) is 22.1. The Balaban J connectivity index is 3.87. The van der Waals surface area contributed by atoms with Gasteiger partial charge in [-0.15, -0.1) is 0 Å². The summed E-state index contributed by atoms with van der Waals surface area (Å²) in [5, 5.41) is 9.58. The standard InChI is InChI=1S/C44H89NO2S2/c1-5-8-11-14-17-25-32-41-48-49-42-33-26-19-24-31-38-45(39-40-46)37-30-23-18-20-27-34-43(4)47-44(35-28-21-15-12-9-6-2)36-29-22-16-13-10-7-3/h44,46H,4-42H2,1-3H3. The third-order valence-electron chi connectivity index (χ3n) is 10.1. The Hall–Kier alpha value is 0.160. The van der Waals surface area contributed by atoms with Crippen molar-refractivity contribution < 1.29 is 9.84 Å². The Labute approximate surface area is 317 Å². The molecule has 0 unspecified atom stereocenters. The Morgan fingerprint density at radius 3 is 1.29 bits per heavy atom. The normalized spacial score (nSPS) is 11.7. The van der Waals surface area contributed by atoms with E-state index in [1.807, 2.05) is 0 Å². The van der Waals surface area contributed by atoms with Gasteiger partial charge in [0.1, 0.15) is 0 Å². The van der Waals surface area contributed by atoms with E-state index in [1.54, 1.807) is 0 Å². The van der Waals surface area contributed by atoms with E-state index in [2.05, 4.69) is 53.8 Å². The summed E-state index contributed by atoms with van der Waals surface area (Å²) in [5.41, 5.74) is 0. The summed E-state index contributed by atoms with van der Waals surface area (Å²) in [6.45, 7) is 14.6. The Morgan fingerprint density at radius 1 is 0.490 bits per heavy atom. The van der Waals surface area contributed by atoms with E-state index < -0.39 is 0 Å². The zero-order valence-electron chi connectivity index (χ0n) is 33.8. The molecule has 1 N–H and O–H groups in total. The van der Waals surface area contributed by atoms with Gasteiger partial charge in [0.05, 0.1) is 18.5 Å². The lowest BCUT2D eigenvalue weighted by molar-refractivity contribution is 0.0895. The van der Waals surface area contributed by atoms with Crippen LogP contribution in [0.25, 0.3) is 0 Å². The van der Waals surface area contributed by atoms with Gasteiger partial charge in [-0.2, -0.15) is 0 Å². The highest BCUT2D eigenvalue weighted by Crippen LogP contribution is 2.25. The van der Waals surface area contributed by atoms with Crippen LogP contribution in [-0.2, 0) is 4.74 Å². The lowest BCUT2D eigenvalue weighted by Gasteiger charge is -2.21. The fourth-order valence-corrected chi connectivity index (χ4v) is 9.08. The average Bonchev–Trinajstić information content (AvgIpc) is 3.10. The largest absolute Gasteiger partial charge is 0.495 e. The lowest BCUT2D eigenvalue weighted by atomic mass is 10.0. The zero-order chi connectivity index (χ0) is 35.7. The highest BCUT2D eigenvalue weighted by Gasteiger charge is 2.12. The summed E-state index contributed by atoms with van der Waals surface area (Å²) >= 11 is 0. The second-order valence-electron chi connectivity index (χ2n) is 15.0. The molecule has 0 aliphatic carbocycles. The number of unbranched alkanes of at least 4 members (excludes halogenated alkanes) is 24. The number of ether oxygens (including phenoxy) is 1. The fraction of sp³-hybridized carbons (Fsp3) is 0.955. The maximum atomic E-state index is 9.58. The molecule has 0 spiro atoms. The minimum atomic E-state index is 0.286. The summed E-state index contributed by atoms with van der Waals surface area (Å²) in [6, 6.07) is 0. The van der Waals surface area contributed by atoms with Crippen molar-refractivity contribution in [3.8, 4) is 0 Å². The molecule has 294 valence electrons. The van der Waals surface area contributed by atoms with Gasteiger partial charge in [-0.25, -0.2) is 0 Å². The zero-order valence-corrected chi connectivity index (χ0v) is 35.4. The fourth-order valence-electron chi connectivity index (χ4n) is 6.79. The van der Waals surface area contributed by atoms with Crippen LogP contribution < -0.4 is 0 Å². The van der Waals surface area contributed by atoms with E-state index in [-0.39, 0.29) is 6.61 Å². The lowest BCUT2D eigenvalue weighted by Crippen LogP contribution is -2.29. The van der Waals surface area contributed by atoms with Crippen molar-refractivity contribution in [1.82, 2.24) is 4.90 Å². The molecule has 0 aliphatic heterocycles. The van der Waals surface area contributed by atoms with Crippen LogP contribution in [-0.4, -0.2) is 53.9 Å². The van der Waals surface area contributed by atoms with Crippen LogP contribution >= 0.6 is 21.6 Å². The van der Waals surface area contributed by atoms with Crippen molar-refractivity contribution in [2.45, 2.75) is 232 Å². The van der Waals surface area contributed by atoms with Gasteiger partial charge in [-0.1, -0.05) is 190 Å². The van der Waals surface area contributed by atoms with Crippen LogP contribution in [0.4, 0.5) is 0 Å². The van der Waals surface area contributed by atoms with Gasteiger partial charge < -0.3 is 14.7 Å². The quantitative estimate of drug-likeness (QED) is 0.0384. The number of allylic oxidation sites excluding steroid dienone is 1. The molecule has 0 radical (unpaired) electrons. The first-order chi connectivity index (χ1) is 24.2. The summed E-state index contributed by atoms with van der Waals surface area (Å²) < 4.78 is 6.47. The molecule has 0 aliphatic rings. The van der Waals surface area contributed by atoms with Crippen molar-refractivity contribution in [3.63, 3.8) is 0 Å². The van der Waals surface area contributed by atoms with Crippen LogP contribution in [0.5, 0.6) is 0 Å². The Morgan fingerprint density at radius 2 is 0.857 bits per heavy atom. The van der Waals surface area contributed by atoms with Gasteiger partial charge in [0.2, 0.25) is 0 Å². The van der Waals surface area contributed by atoms with Gasteiger partial charge in [0, 0.05) is 24.5 Å². The number of aliphatic hydroxyl groups excluding tert-OH is 1. The third-order valence-corrected chi connectivity index (χ3v) is 12.6. The predicted molar refractivity (Wildman–Crippen MR) is 227 cm³/mol. The Bertz CT molecular complexity index is 618. The summed E-state index contributed by atoms with van der Waals surface area (Å²) in [5.74, 6) is 3.69. The number of rotatable bonds is 43. The molecule has 3 nitrogen and oxygen atoms in total. The second kappa shape index (κ2) is 42.6. The molecule has 0 amide bonds. The van der Waals surface area contributed by atoms with Crippen molar-refractivity contribution in [1.29, 1.82) is 0 Å². The van der Waals surface area contributed by atoms with Crippen LogP contribution in [0.3, 0.4) is 0 Å². The molecule has 5 heteroatoms. The van der Waals surface area contributed by atoms with Gasteiger partial charge in [-0.3, -0.25) is 0 Å². The minimum absolute atomic E-state index is 0.286. The van der Waals surface area contributed by atoms with E-state index in [1.165, 1.54) is 211 Å². The second-order valence-corrected chi connectivity index (χ2v) is 17.7. The average molecular weight is 728 g/mol. The topological polar surface area (TPSA) is 32.7 Å². The predicted octanol–water partition coefficient (Wildman–Crippen LogP) is 15.1. The first-order valence-corrected chi connectivity index (χ1v) is 24.6. The van der Waals surface area contributed by atoms with Gasteiger partial charge in [-0.05, 0) is 70.9 Å². The molecule has 0 aromatic rings. The van der Waals surface area contributed by atoms with Crippen molar-refractivity contribution in [3.05, 3.63) is 12.3 Å². The van der Waals surface area contributed by atoms with Gasteiger partial charge in [0.25, 0.3) is 0 Å². The molecule has 0 saturated carbocycles. The molecule has 49 heavy (non-hydrogen) atoms. The van der Waals surface area contributed by atoms with E-state index in [9.17, 15) is 5.11 Å². The summed E-state index contributed by atoms with van der Waals surface area (Å²) in [7, 11) is 4.20. The van der Waals surface area contributed by atoms with Gasteiger partial charge in [0.15, 0.2) is 0 Å². The smallest absolute Gasteiger partial charge is 0.0982 e. The van der Waals surface area contributed by atoms with E-state index >= 15 is 0 Å². The molecule has 0 heterocycles. The summed E-state index contributed by atoms with van der Waals surface area (Å²) in [6.07, 6.45) is 43.1. The third kappa shape index (κ3) is 39.2. The van der Waals surface area contributed by atoms with Crippen LogP contribution in [0.15, 0.2) is 12.3 Å². The highest BCUT2D eigenvalue weighted by atomic mass is 33.1. The van der Waals surface area contributed by atoms with Crippen LogP contribution in [0.1, 0.15) is 226 Å². The van der Waals surface area contributed by atoms with Crippen molar-refractivity contribution in [2.24, 2.45) is 0 Å². The summed E-state index contributed by atoms with van der Waals surface area (Å²) in [4.78, 5) is 2.50. The molecule has 0 bridgehead atoms. The van der Waals surface area contributed by atoms with E-state index in [0.29, 0.717) is 6.10 Å². The van der Waals surface area contributed by atoms with E-state index in [0.717, 1.165) is 31.8 Å². The maximum absolute atomic E-state index is 9.58. The molecule has 0 aromatic carbocycles. The first kappa shape index (κ1) is 49.2. The molecule has 0 saturated heterocycles. The molecular weight excluding hydrogens is 639 g/mol. The Kier molecular flexibility index (Phi) is 42.7. The molecular formula is C44H89NO2S2. The maximum Gasteiger partial charge on any atom is 0.0982 e. The van der Waals surface area contributed by atoms with Crippen LogP contribution in [0.2, 0.25) is 0 Å². The molecule has 0 atom stereocenters. The number of nitrogens with zero attached hydrogens (tertiary/aromatic N) is 1. The van der Waals surface area contributed by atoms with Crippen molar-refractivity contribution >= 4 is 21.6 Å². The van der Waals surface area contributed by atoms with Crippen molar-refractivity contribution in [2.75, 3.05) is 37.7 Å². The van der Waals surface area contributed by atoms with Crippen LogP contribution in [0, 0.1) is 0 Å².